The van der Waals surface area contributed by atoms with Crippen molar-refractivity contribution in [1.82, 2.24) is 5.32 Å². The normalized spacial score (nSPS) is 34.5. The van der Waals surface area contributed by atoms with Gasteiger partial charge in [0.2, 0.25) is 0 Å². The molecule has 5 rings (SSSR count). The average molecular weight is 414 g/mol. The SMILES string of the molecule is CC1CC2CCCC(C(=O)/C=C3\NC4(CCOCC4)Cc4cc(Cl)ccc43)(C1)C2. The molecule has 2 aliphatic heterocycles. The highest BCUT2D eigenvalue weighted by Gasteiger charge is 2.46. The van der Waals surface area contributed by atoms with Crippen molar-refractivity contribution in [2.24, 2.45) is 17.3 Å². The lowest BCUT2D eigenvalue weighted by Crippen LogP contribution is -2.53. The van der Waals surface area contributed by atoms with Gasteiger partial charge in [-0.05, 0) is 74.5 Å². The maximum Gasteiger partial charge on any atom is 0.163 e. The maximum atomic E-state index is 13.7. The zero-order chi connectivity index (χ0) is 20.1. The average Bonchev–Trinajstić information content (AvgIpc) is 2.67. The molecule has 1 saturated heterocycles. The summed E-state index contributed by atoms with van der Waals surface area (Å²) in [5.74, 6) is 1.74. The summed E-state index contributed by atoms with van der Waals surface area (Å²) in [6.07, 6.45) is 11.9. The van der Waals surface area contributed by atoms with Crippen LogP contribution in [0.1, 0.15) is 69.4 Å². The van der Waals surface area contributed by atoms with Crippen LogP contribution in [0, 0.1) is 17.3 Å². The second-order valence-electron chi connectivity index (χ2n) is 10.2. The molecule has 3 unspecified atom stereocenters. The molecule has 0 aromatic heterocycles. The Balaban J connectivity index is 1.51. The first-order valence-corrected chi connectivity index (χ1v) is 11.8. The number of hydrogen-bond donors (Lipinski definition) is 1. The molecule has 3 atom stereocenters. The van der Waals surface area contributed by atoms with E-state index in [2.05, 4.69) is 24.4 Å². The molecule has 2 heterocycles. The van der Waals surface area contributed by atoms with Gasteiger partial charge in [0.15, 0.2) is 5.78 Å². The van der Waals surface area contributed by atoms with E-state index in [1.807, 2.05) is 12.1 Å². The molecule has 0 radical (unpaired) electrons. The largest absolute Gasteiger partial charge is 0.381 e. The molecule has 2 bridgehead atoms. The van der Waals surface area contributed by atoms with Gasteiger partial charge in [0, 0.05) is 46.5 Å². The summed E-state index contributed by atoms with van der Waals surface area (Å²) in [5, 5.41) is 4.59. The van der Waals surface area contributed by atoms with E-state index in [0.717, 1.165) is 73.9 Å². The Hall–Kier alpha value is -1.32. The fourth-order valence-corrected chi connectivity index (χ4v) is 6.91. The quantitative estimate of drug-likeness (QED) is 0.646. The predicted molar refractivity (Wildman–Crippen MR) is 117 cm³/mol. The first-order valence-electron chi connectivity index (χ1n) is 11.4. The Bertz CT molecular complexity index is 837. The van der Waals surface area contributed by atoms with E-state index in [4.69, 9.17) is 16.3 Å². The third kappa shape index (κ3) is 3.65. The second-order valence-corrected chi connectivity index (χ2v) is 10.6. The second kappa shape index (κ2) is 7.42. The van der Waals surface area contributed by atoms with Crippen LogP contribution in [-0.2, 0) is 16.0 Å². The maximum absolute atomic E-state index is 13.7. The molecule has 1 aromatic rings. The number of ether oxygens (including phenoxy) is 1. The number of halogens is 1. The Morgan fingerprint density at radius 3 is 2.90 bits per heavy atom. The summed E-state index contributed by atoms with van der Waals surface area (Å²) in [4.78, 5) is 13.7. The zero-order valence-corrected chi connectivity index (χ0v) is 18.2. The van der Waals surface area contributed by atoms with Crippen molar-refractivity contribution in [2.75, 3.05) is 13.2 Å². The number of fused-ring (bicyclic) bond motifs is 3. The lowest BCUT2D eigenvalue weighted by atomic mass is 9.57. The fraction of sp³-hybridized carbons (Fsp3) is 0.640. The number of allylic oxidation sites excluding steroid dienone is 1. The lowest BCUT2D eigenvalue weighted by Gasteiger charge is -2.47. The molecule has 2 saturated carbocycles. The molecular weight excluding hydrogens is 382 g/mol. The number of ketones is 1. The molecule has 4 aliphatic rings. The Morgan fingerprint density at radius 1 is 1.24 bits per heavy atom. The molecule has 3 fully saturated rings. The van der Waals surface area contributed by atoms with Crippen LogP contribution < -0.4 is 5.32 Å². The van der Waals surface area contributed by atoms with Crippen LogP contribution in [0.4, 0.5) is 0 Å². The van der Waals surface area contributed by atoms with E-state index < -0.39 is 0 Å². The van der Waals surface area contributed by atoms with E-state index in [1.54, 1.807) is 0 Å². The minimum absolute atomic E-state index is 0.0192. The monoisotopic (exact) mass is 413 g/mol. The number of carbonyl (C=O) groups is 1. The summed E-state index contributed by atoms with van der Waals surface area (Å²) < 4.78 is 5.63. The molecular formula is C25H32ClNO2. The van der Waals surface area contributed by atoms with Crippen LogP contribution >= 0.6 is 11.6 Å². The molecule has 1 aromatic carbocycles. The van der Waals surface area contributed by atoms with Crippen molar-refractivity contribution >= 4 is 23.1 Å². The summed E-state index contributed by atoms with van der Waals surface area (Å²) in [6.45, 7) is 3.88. The van der Waals surface area contributed by atoms with Crippen molar-refractivity contribution in [2.45, 2.75) is 70.3 Å². The van der Waals surface area contributed by atoms with Crippen molar-refractivity contribution in [3.63, 3.8) is 0 Å². The Morgan fingerprint density at radius 2 is 2.07 bits per heavy atom. The van der Waals surface area contributed by atoms with Gasteiger partial charge in [-0.15, -0.1) is 0 Å². The smallest absolute Gasteiger partial charge is 0.163 e. The third-order valence-corrected chi connectivity index (χ3v) is 8.19. The lowest BCUT2D eigenvalue weighted by molar-refractivity contribution is -0.130. The van der Waals surface area contributed by atoms with Crippen LogP contribution in [0.5, 0.6) is 0 Å². The summed E-state index contributed by atoms with van der Waals surface area (Å²) in [6, 6.07) is 6.12. The summed E-state index contributed by atoms with van der Waals surface area (Å²) in [7, 11) is 0. The number of hydrogen-bond acceptors (Lipinski definition) is 3. The van der Waals surface area contributed by atoms with Gasteiger partial charge in [-0.2, -0.15) is 0 Å². The molecule has 1 N–H and O–H groups in total. The summed E-state index contributed by atoms with van der Waals surface area (Å²) >= 11 is 6.33. The van der Waals surface area contributed by atoms with Gasteiger partial charge in [0.05, 0.1) is 0 Å². The van der Waals surface area contributed by atoms with Crippen LogP contribution in [0.3, 0.4) is 0 Å². The number of rotatable bonds is 2. The van der Waals surface area contributed by atoms with E-state index in [9.17, 15) is 4.79 Å². The summed E-state index contributed by atoms with van der Waals surface area (Å²) in [5.41, 5.74) is 3.25. The van der Waals surface area contributed by atoms with Crippen molar-refractivity contribution in [3.8, 4) is 0 Å². The third-order valence-electron chi connectivity index (χ3n) is 7.96. The van der Waals surface area contributed by atoms with E-state index in [1.165, 1.54) is 24.8 Å². The molecule has 4 heteroatoms. The van der Waals surface area contributed by atoms with Crippen molar-refractivity contribution in [1.29, 1.82) is 0 Å². The highest BCUT2D eigenvalue weighted by Crippen LogP contribution is 2.52. The number of benzene rings is 1. The Kier molecular flexibility index (Phi) is 5.03. The van der Waals surface area contributed by atoms with Crippen LogP contribution in [-0.4, -0.2) is 24.5 Å². The van der Waals surface area contributed by atoms with Crippen LogP contribution in [0.25, 0.3) is 5.70 Å². The fourth-order valence-electron chi connectivity index (χ4n) is 6.71. The number of carbonyl (C=O) groups excluding carboxylic acids is 1. The molecule has 29 heavy (non-hydrogen) atoms. The predicted octanol–water partition coefficient (Wildman–Crippen LogP) is 5.55. The first kappa shape index (κ1) is 19.6. The van der Waals surface area contributed by atoms with E-state index in [0.29, 0.717) is 11.7 Å². The van der Waals surface area contributed by atoms with Gasteiger partial charge >= 0.3 is 0 Å². The minimum Gasteiger partial charge on any atom is -0.381 e. The Labute approximate surface area is 179 Å². The first-order chi connectivity index (χ1) is 14.0. The standard InChI is InChI=1S/C25H32ClNO2/c1-17-11-18-3-2-6-24(14-17,15-18)23(28)13-22-21-5-4-20(26)12-19(21)16-25(27-22)7-9-29-10-8-25/h4-5,12-13,17-18,27H,2-3,6-11,14-16H2,1H3/b22-13-. The molecule has 156 valence electrons. The van der Waals surface area contributed by atoms with Gasteiger partial charge in [-0.25, -0.2) is 0 Å². The van der Waals surface area contributed by atoms with Gasteiger partial charge in [-0.1, -0.05) is 37.4 Å². The topological polar surface area (TPSA) is 38.3 Å². The highest BCUT2D eigenvalue weighted by molar-refractivity contribution is 6.30. The van der Waals surface area contributed by atoms with E-state index >= 15 is 0 Å². The molecule has 3 nitrogen and oxygen atoms in total. The van der Waals surface area contributed by atoms with Gasteiger partial charge in [0.1, 0.15) is 0 Å². The minimum atomic E-state index is -0.137. The molecule has 1 spiro atoms. The highest BCUT2D eigenvalue weighted by atomic mass is 35.5. The van der Waals surface area contributed by atoms with Crippen molar-refractivity contribution < 1.29 is 9.53 Å². The van der Waals surface area contributed by atoms with Gasteiger partial charge in [0.25, 0.3) is 0 Å². The van der Waals surface area contributed by atoms with Gasteiger partial charge in [-0.3, -0.25) is 4.79 Å². The van der Waals surface area contributed by atoms with E-state index in [-0.39, 0.29) is 11.0 Å². The molecule has 2 aliphatic carbocycles. The molecule has 0 amide bonds. The van der Waals surface area contributed by atoms with Gasteiger partial charge < -0.3 is 10.1 Å². The van der Waals surface area contributed by atoms with Crippen LogP contribution in [0.15, 0.2) is 24.3 Å². The number of nitrogens with one attached hydrogen (secondary N) is 1. The van der Waals surface area contributed by atoms with Crippen LogP contribution in [0.2, 0.25) is 5.02 Å². The zero-order valence-electron chi connectivity index (χ0n) is 17.4. The van der Waals surface area contributed by atoms with Crippen molar-refractivity contribution in [3.05, 3.63) is 40.4 Å².